The number of nitrogens with one attached hydrogen (secondary N) is 1. The summed E-state index contributed by atoms with van der Waals surface area (Å²) in [6, 6.07) is 4.80. The van der Waals surface area contributed by atoms with Gasteiger partial charge in [0, 0.05) is 30.8 Å². The van der Waals surface area contributed by atoms with Crippen LogP contribution in [0.1, 0.15) is 37.7 Å². The number of aromatic nitrogens is 2. The Morgan fingerprint density at radius 1 is 1.12 bits per heavy atom. The average molecular weight is 349 g/mol. The zero-order chi connectivity index (χ0) is 18.0. The van der Waals surface area contributed by atoms with E-state index >= 15 is 0 Å². The van der Waals surface area contributed by atoms with Crippen molar-refractivity contribution in [2.45, 2.75) is 44.7 Å². The van der Waals surface area contributed by atoms with E-state index in [4.69, 9.17) is 0 Å². The first kappa shape index (κ1) is 17.4. The van der Waals surface area contributed by atoms with Gasteiger partial charge in [0.25, 0.3) is 5.56 Å². The van der Waals surface area contributed by atoms with Gasteiger partial charge in [0.2, 0.25) is 0 Å². The number of halogens is 2. The quantitative estimate of drug-likeness (QED) is 0.923. The molecule has 1 aromatic carbocycles. The van der Waals surface area contributed by atoms with Crippen LogP contribution in [-0.2, 0) is 13.6 Å². The Labute approximate surface area is 143 Å². The fourth-order valence-electron chi connectivity index (χ4n) is 3.22. The fourth-order valence-corrected chi connectivity index (χ4v) is 3.22. The lowest BCUT2D eigenvalue weighted by molar-refractivity contribution is 0.458. The van der Waals surface area contributed by atoms with Gasteiger partial charge in [-0.25, -0.2) is 13.6 Å². The van der Waals surface area contributed by atoms with E-state index in [9.17, 15) is 18.4 Å². The van der Waals surface area contributed by atoms with Gasteiger partial charge in [-0.2, -0.15) is 0 Å². The van der Waals surface area contributed by atoms with E-state index in [0.29, 0.717) is 5.82 Å². The zero-order valence-corrected chi connectivity index (χ0v) is 14.1. The molecule has 1 aromatic heterocycles. The van der Waals surface area contributed by atoms with Gasteiger partial charge in [-0.15, -0.1) is 0 Å². The van der Waals surface area contributed by atoms with E-state index in [1.54, 1.807) is 0 Å². The Kier molecular flexibility index (Phi) is 5.01. The van der Waals surface area contributed by atoms with Gasteiger partial charge < -0.3 is 5.32 Å². The van der Waals surface area contributed by atoms with E-state index in [1.165, 1.54) is 30.2 Å². The molecule has 1 heterocycles. The highest BCUT2D eigenvalue weighted by Crippen LogP contribution is 2.21. The molecule has 0 saturated heterocycles. The summed E-state index contributed by atoms with van der Waals surface area (Å²) >= 11 is 0. The van der Waals surface area contributed by atoms with E-state index in [2.05, 4.69) is 5.32 Å². The minimum absolute atomic E-state index is 0.0753. The molecule has 0 atom stereocenters. The summed E-state index contributed by atoms with van der Waals surface area (Å²) in [5.41, 5.74) is -0.762. The number of rotatable bonds is 4. The lowest BCUT2D eigenvalue weighted by Gasteiger charge is -2.25. The summed E-state index contributed by atoms with van der Waals surface area (Å²) in [6.07, 6.45) is 5.31. The van der Waals surface area contributed by atoms with Crippen molar-refractivity contribution in [1.82, 2.24) is 9.13 Å². The third kappa shape index (κ3) is 3.81. The fraction of sp³-hybridized carbons (Fsp3) is 0.444. The number of hydrogen-bond donors (Lipinski definition) is 1. The highest BCUT2D eigenvalue weighted by atomic mass is 19.1. The molecule has 134 valence electrons. The van der Waals surface area contributed by atoms with Crippen molar-refractivity contribution in [2.75, 3.05) is 5.32 Å². The second kappa shape index (κ2) is 7.21. The van der Waals surface area contributed by atoms with Crippen LogP contribution in [0.4, 0.5) is 14.6 Å². The summed E-state index contributed by atoms with van der Waals surface area (Å²) in [5, 5.41) is 3.26. The smallest absolute Gasteiger partial charge is 0.332 e. The second-order valence-corrected chi connectivity index (χ2v) is 6.51. The Morgan fingerprint density at radius 3 is 2.52 bits per heavy atom. The van der Waals surface area contributed by atoms with Crippen LogP contribution in [0.5, 0.6) is 0 Å². The molecule has 1 aliphatic carbocycles. The summed E-state index contributed by atoms with van der Waals surface area (Å²) < 4.78 is 29.4. The summed E-state index contributed by atoms with van der Waals surface area (Å²) in [7, 11) is 1.38. The third-order valence-corrected chi connectivity index (χ3v) is 4.70. The zero-order valence-electron chi connectivity index (χ0n) is 14.1. The molecular weight excluding hydrogens is 328 g/mol. The summed E-state index contributed by atoms with van der Waals surface area (Å²) in [4.78, 5) is 24.5. The molecule has 0 radical (unpaired) electrons. The maximum absolute atomic E-state index is 14.0. The minimum atomic E-state index is -0.718. The molecule has 2 aromatic rings. The van der Waals surface area contributed by atoms with Crippen LogP contribution in [0.2, 0.25) is 0 Å². The predicted octanol–water partition coefficient (Wildman–Crippen LogP) is 2.62. The van der Waals surface area contributed by atoms with E-state index < -0.39 is 22.9 Å². The molecule has 1 saturated carbocycles. The Morgan fingerprint density at radius 2 is 1.84 bits per heavy atom. The molecule has 0 amide bonds. The van der Waals surface area contributed by atoms with Crippen LogP contribution in [-0.4, -0.2) is 15.2 Å². The monoisotopic (exact) mass is 349 g/mol. The summed E-state index contributed by atoms with van der Waals surface area (Å²) in [6.45, 7) is -0.0753. The van der Waals surface area contributed by atoms with Gasteiger partial charge in [0.1, 0.15) is 17.5 Å². The minimum Gasteiger partial charge on any atom is -0.368 e. The van der Waals surface area contributed by atoms with Crippen molar-refractivity contribution < 1.29 is 8.78 Å². The van der Waals surface area contributed by atoms with Crippen molar-refractivity contribution in [3.63, 3.8) is 0 Å². The van der Waals surface area contributed by atoms with Crippen molar-refractivity contribution in [3.05, 3.63) is 62.3 Å². The van der Waals surface area contributed by atoms with Gasteiger partial charge in [-0.05, 0) is 18.9 Å². The molecule has 0 unspecified atom stereocenters. The molecular formula is C18H21F2N3O2. The van der Waals surface area contributed by atoms with Gasteiger partial charge in [-0.1, -0.05) is 25.3 Å². The summed E-state index contributed by atoms with van der Waals surface area (Å²) in [5.74, 6) is -1.01. The molecule has 1 fully saturated rings. The SMILES string of the molecule is Cn1c(=O)cc(NC2CCCCC2)n(Cc2ccc(F)cc2F)c1=O. The number of benzene rings is 1. The lowest BCUT2D eigenvalue weighted by atomic mass is 9.95. The van der Waals surface area contributed by atoms with E-state index in [-0.39, 0.29) is 18.2 Å². The van der Waals surface area contributed by atoms with Crippen molar-refractivity contribution in [1.29, 1.82) is 0 Å². The predicted molar refractivity (Wildman–Crippen MR) is 91.9 cm³/mol. The Balaban J connectivity index is 1.99. The molecule has 1 aliphatic rings. The first-order valence-corrected chi connectivity index (χ1v) is 8.47. The maximum atomic E-state index is 14.0. The third-order valence-electron chi connectivity index (χ3n) is 4.70. The Bertz CT molecular complexity index is 883. The molecule has 25 heavy (non-hydrogen) atoms. The number of hydrogen-bond acceptors (Lipinski definition) is 3. The molecule has 0 aliphatic heterocycles. The van der Waals surface area contributed by atoms with Crippen molar-refractivity contribution in [3.8, 4) is 0 Å². The average Bonchev–Trinajstić information content (AvgIpc) is 2.59. The normalized spacial score (nSPS) is 15.3. The molecule has 3 rings (SSSR count). The Hall–Kier alpha value is -2.44. The maximum Gasteiger partial charge on any atom is 0.332 e. The first-order valence-electron chi connectivity index (χ1n) is 8.47. The van der Waals surface area contributed by atoms with Crippen molar-refractivity contribution in [2.24, 2.45) is 7.05 Å². The van der Waals surface area contributed by atoms with Crippen LogP contribution in [0, 0.1) is 11.6 Å². The van der Waals surface area contributed by atoms with Crippen LogP contribution < -0.4 is 16.6 Å². The standard InChI is InChI=1S/C18H21F2N3O2/c1-22-17(24)10-16(21-14-5-3-2-4-6-14)23(18(22)25)11-12-7-8-13(19)9-15(12)20/h7-10,14,21H,2-6,11H2,1H3. The van der Waals surface area contributed by atoms with Crippen LogP contribution in [0.25, 0.3) is 0 Å². The molecule has 7 heteroatoms. The molecule has 1 N–H and O–H groups in total. The van der Waals surface area contributed by atoms with Gasteiger partial charge in [-0.3, -0.25) is 13.9 Å². The highest BCUT2D eigenvalue weighted by molar-refractivity contribution is 5.37. The van der Waals surface area contributed by atoms with Gasteiger partial charge in [0.15, 0.2) is 0 Å². The topological polar surface area (TPSA) is 56.0 Å². The van der Waals surface area contributed by atoms with Crippen LogP contribution in [0.3, 0.4) is 0 Å². The highest BCUT2D eigenvalue weighted by Gasteiger charge is 2.17. The van der Waals surface area contributed by atoms with Crippen LogP contribution in [0.15, 0.2) is 33.9 Å². The molecule has 0 bridgehead atoms. The van der Waals surface area contributed by atoms with Gasteiger partial charge >= 0.3 is 5.69 Å². The second-order valence-electron chi connectivity index (χ2n) is 6.51. The van der Waals surface area contributed by atoms with E-state index in [1.807, 2.05) is 0 Å². The lowest BCUT2D eigenvalue weighted by Crippen LogP contribution is -2.40. The van der Waals surface area contributed by atoms with E-state index in [0.717, 1.165) is 42.4 Å². The molecule has 0 spiro atoms. The van der Waals surface area contributed by atoms with Crippen molar-refractivity contribution >= 4 is 5.82 Å². The van der Waals surface area contributed by atoms with Crippen LogP contribution >= 0.6 is 0 Å². The van der Waals surface area contributed by atoms with Gasteiger partial charge in [0.05, 0.1) is 6.54 Å². The number of anilines is 1. The molecule has 5 nitrogen and oxygen atoms in total. The number of nitrogens with zero attached hydrogens (tertiary/aromatic N) is 2. The largest absolute Gasteiger partial charge is 0.368 e. The first-order chi connectivity index (χ1) is 12.0.